The van der Waals surface area contributed by atoms with E-state index in [9.17, 15) is 13.2 Å². The summed E-state index contributed by atoms with van der Waals surface area (Å²) in [6, 6.07) is 14.4. The topological polar surface area (TPSA) is 71.4 Å². The number of halogens is 1. The van der Waals surface area contributed by atoms with E-state index in [1.807, 2.05) is 36.5 Å². The van der Waals surface area contributed by atoms with E-state index < -0.39 is 10.0 Å². The van der Waals surface area contributed by atoms with Gasteiger partial charge in [-0.2, -0.15) is 4.31 Å². The summed E-state index contributed by atoms with van der Waals surface area (Å²) < 4.78 is 29.4. The summed E-state index contributed by atoms with van der Waals surface area (Å²) in [5.74, 6) is -0.382. The predicted octanol–water partition coefficient (Wildman–Crippen LogP) is 3.90. The number of amides is 1. The van der Waals surface area contributed by atoms with Gasteiger partial charge in [0, 0.05) is 37.9 Å². The lowest BCUT2D eigenvalue weighted by atomic mass is 10.2. The minimum Gasteiger partial charge on any atom is -0.350 e. The van der Waals surface area contributed by atoms with Crippen LogP contribution in [0.4, 0.5) is 0 Å². The van der Waals surface area contributed by atoms with Gasteiger partial charge in [-0.1, -0.05) is 36.2 Å². The number of carbonyl (C=O) groups excluding carboxylic acids is 1. The van der Waals surface area contributed by atoms with Gasteiger partial charge in [0.25, 0.3) is 5.91 Å². The van der Waals surface area contributed by atoms with Crippen molar-refractivity contribution in [2.45, 2.75) is 30.7 Å². The van der Waals surface area contributed by atoms with Crippen LogP contribution in [0, 0.1) is 0 Å². The molecule has 1 amide bonds. The molecule has 1 saturated heterocycles. The molecule has 0 bridgehead atoms. The maximum atomic E-state index is 12.9. The first-order chi connectivity index (χ1) is 14.5. The molecule has 1 fully saturated rings. The number of piperidine rings is 1. The number of para-hydroxylation sites is 1. The van der Waals surface area contributed by atoms with E-state index in [-0.39, 0.29) is 21.4 Å². The zero-order valence-electron chi connectivity index (χ0n) is 16.6. The number of nitrogens with one attached hydrogen (secondary N) is 1. The van der Waals surface area contributed by atoms with Crippen molar-refractivity contribution in [1.82, 2.24) is 14.2 Å². The molecule has 1 aliphatic heterocycles. The van der Waals surface area contributed by atoms with Crippen molar-refractivity contribution in [3.8, 4) is 0 Å². The van der Waals surface area contributed by atoms with E-state index in [4.69, 9.17) is 11.6 Å². The van der Waals surface area contributed by atoms with E-state index in [1.54, 1.807) is 0 Å². The number of nitrogens with zero attached hydrogens (tertiary/aromatic N) is 2. The summed E-state index contributed by atoms with van der Waals surface area (Å²) >= 11 is 6.21. The number of hydrogen-bond donors (Lipinski definition) is 1. The zero-order valence-corrected chi connectivity index (χ0v) is 18.1. The van der Waals surface area contributed by atoms with Crippen LogP contribution in [-0.4, -0.2) is 42.8 Å². The second-order valence-electron chi connectivity index (χ2n) is 7.43. The van der Waals surface area contributed by atoms with Crippen molar-refractivity contribution in [1.29, 1.82) is 0 Å². The molecule has 6 nitrogen and oxygen atoms in total. The van der Waals surface area contributed by atoms with Crippen LogP contribution in [0.25, 0.3) is 10.9 Å². The summed E-state index contributed by atoms with van der Waals surface area (Å²) in [6.07, 6.45) is 4.73. The second-order valence-corrected chi connectivity index (χ2v) is 9.78. The molecule has 1 N–H and O–H groups in total. The van der Waals surface area contributed by atoms with Gasteiger partial charge in [0.1, 0.15) is 0 Å². The molecule has 8 heteroatoms. The molecule has 30 heavy (non-hydrogen) atoms. The minimum absolute atomic E-state index is 0.107. The quantitative estimate of drug-likeness (QED) is 0.625. The molecule has 2 aromatic carbocycles. The van der Waals surface area contributed by atoms with Crippen LogP contribution in [-0.2, 0) is 16.6 Å². The first-order valence-electron chi connectivity index (χ1n) is 10.1. The van der Waals surface area contributed by atoms with E-state index in [2.05, 4.69) is 9.88 Å². The lowest BCUT2D eigenvalue weighted by Gasteiger charge is -2.26. The standard InChI is InChI=1S/C22H24ClN3O3S/c23-20-9-8-18(30(28,29)26-12-4-1-5-13-26)16-19(20)22(27)24-11-15-25-14-10-17-6-2-3-7-21(17)25/h2-3,6-10,14,16H,1,4-5,11-13,15H2,(H,24,27). The molecule has 3 aromatic rings. The number of benzene rings is 2. The summed E-state index contributed by atoms with van der Waals surface area (Å²) in [5.41, 5.74) is 1.27. The highest BCUT2D eigenvalue weighted by molar-refractivity contribution is 7.89. The van der Waals surface area contributed by atoms with Crippen LogP contribution in [0.1, 0.15) is 29.6 Å². The molecule has 1 aromatic heterocycles. The number of hydrogen-bond acceptors (Lipinski definition) is 3. The molecule has 1 aliphatic rings. The molecule has 0 unspecified atom stereocenters. The SMILES string of the molecule is O=C(NCCn1ccc2ccccc21)c1cc(S(=O)(=O)N2CCCCC2)ccc1Cl. The van der Waals surface area contributed by atoms with Gasteiger partial charge >= 0.3 is 0 Å². The monoisotopic (exact) mass is 445 g/mol. The Hall–Kier alpha value is -2.35. The Balaban J connectivity index is 1.46. The first kappa shape index (κ1) is 20.9. The van der Waals surface area contributed by atoms with Gasteiger partial charge in [0.15, 0.2) is 0 Å². The number of rotatable bonds is 6. The Kier molecular flexibility index (Phi) is 6.13. The maximum absolute atomic E-state index is 12.9. The van der Waals surface area contributed by atoms with Crippen LogP contribution < -0.4 is 5.32 Å². The van der Waals surface area contributed by atoms with Gasteiger partial charge in [0.2, 0.25) is 10.0 Å². The lowest BCUT2D eigenvalue weighted by molar-refractivity contribution is 0.0952. The van der Waals surface area contributed by atoms with Crippen LogP contribution in [0.3, 0.4) is 0 Å². The largest absolute Gasteiger partial charge is 0.350 e. The van der Waals surface area contributed by atoms with Crippen molar-refractivity contribution in [2.75, 3.05) is 19.6 Å². The molecule has 0 aliphatic carbocycles. The Morgan fingerprint density at radius 3 is 2.60 bits per heavy atom. The first-order valence-corrected chi connectivity index (χ1v) is 11.9. The molecule has 158 valence electrons. The average Bonchev–Trinajstić information content (AvgIpc) is 3.17. The number of aromatic nitrogens is 1. The van der Waals surface area contributed by atoms with Gasteiger partial charge in [-0.25, -0.2) is 8.42 Å². The van der Waals surface area contributed by atoms with E-state index >= 15 is 0 Å². The predicted molar refractivity (Wildman–Crippen MR) is 118 cm³/mol. The fraction of sp³-hybridized carbons (Fsp3) is 0.318. The maximum Gasteiger partial charge on any atom is 0.252 e. The zero-order chi connectivity index (χ0) is 21.1. The average molecular weight is 446 g/mol. The molecule has 2 heterocycles. The third-order valence-corrected chi connectivity index (χ3v) is 7.68. The third-order valence-electron chi connectivity index (χ3n) is 5.45. The highest BCUT2D eigenvalue weighted by atomic mass is 35.5. The molecule has 0 spiro atoms. The van der Waals surface area contributed by atoms with E-state index in [0.29, 0.717) is 26.2 Å². The van der Waals surface area contributed by atoms with Gasteiger partial charge in [-0.3, -0.25) is 4.79 Å². The van der Waals surface area contributed by atoms with Gasteiger partial charge in [-0.15, -0.1) is 0 Å². The molecule has 0 radical (unpaired) electrons. The number of sulfonamides is 1. The Bertz CT molecular complexity index is 1170. The summed E-state index contributed by atoms with van der Waals surface area (Å²) in [4.78, 5) is 12.8. The highest BCUT2D eigenvalue weighted by Crippen LogP contribution is 2.25. The van der Waals surface area contributed by atoms with Crippen LogP contribution in [0.15, 0.2) is 59.6 Å². The number of fused-ring (bicyclic) bond motifs is 1. The van der Waals surface area contributed by atoms with Gasteiger partial charge in [0.05, 0.1) is 15.5 Å². The van der Waals surface area contributed by atoms with Crippen molar-refractivity contribution < 1.29 is 13.2 Å². The fourth-order valence-electron chi connectivity index (χ4n) is 3.81. The molecule has 0 atom stereocenters. The smallest absolute Gasteiger partial charge is 0.252 e. The van der Waals surface area contributed by atoms with Gasteiger partial charge < -0.3 is 9.88 Å². The van der Waals surface area contributed by atoms with Gasteiger partial charge in [-0.05, 0) is 48.6 Å². The summed E-state index contributed by atoms with van der Waals surface area (Å²) in [6.45, 7) is 2.02. The van der Waals surface area contributed by atoms with E-state index in [0.717, 1.165) is 30.2 Å². The van der Waals surface area contributed by atoms with Crippen molar-refractivity contribution >= 4 is 38.4 Å². The normalized spacial score (nSPS) is 15.4. The van der Waals surface area contributed by atoms with Crippen molar-refractivity contribution in [3.63, 3.8) is 0 Å². The van der Waals surface area contributed by atoms with E-state index in [1.165, 1.54) is 22.5 Å². The molecule has 4 rings (SSSR count). The Labute approximate surface area is 181 Å². The highest BCUT2D eigenvalue weighted by Gasteiger charge is 2.27. The Morgan fingerprint density at radius 2 is 1.80 bits per heavy atom. The number of carbonyl (C=O) groups is 1. The third kappa shape index (κ3) is 4.24. The van der Waals surface area contributed by atoms with Crippen molar-refractivity contribution in [2.24, 2.45) is 0 Å². The molecular formula is C22H24ClN3O3S. The lowest BCUT2D eigenvalue weighted by Crippen LogP contribution is -2.35. The second kappa shape index (κ2) is 8.79. The summed E-state index contributed by atoms with van der Waals surface area (Å²) in [5, 5.41) is 4.22. The summed E-state index contributed by atoms with van der Waals surface area (Å²) in [7, 11) is -3.62. The Morgan fingerprint density at radius 1 is 1.03 bits per heavy atom. The van der Waals surface area contributed by atoms with Crippen molar-refractivity contribution in [3.05, 3.63) is 65.3 Å². The van der Waals surface area contributed by atoms with Crippen LogP contribution in [0.5, 0.6) is 0 Å². The fourth-order valence-corrected chi connectivity index (χ4v) is 5.56. The van der Waals surface area contributed by atoms with Crippen LogP contribution in [0.2, 0.25) is 5.02 Å². The molecule has 0 saturated carbocycles. The minimum atomic E-state index is -3.62. The molecular weight excluding hydrogens is 422 g/mol. The van der Waals surface area contributed by atoms with Crippen LogP contribution >= 0.6 is 11.6 Å².